The van der Waals surface area contributed by atoms with Gasteiger partial charge in [-0.25, -0.2) is 9.48 Å². The summed E-state index contributed by atoms with van der Waals surface area (Å²) in [5.41, 5.74) is 3.23. The summed E-state index contributed by atoms with van der Waals surface area (Å²) in [6.45, 7) is 6.08. The van der Waals surface area contributed by atoms with Crippen molar-refractivity contribution in [1.29, 1.82) is 0 Å². The maximum Gasteiger partial charge on any atom is 0.338 e. The lowest BCUT2D eigenvalue weighted by molar-refractivity contribution is -0.137. The van der Waals surface area contributed by atoms with Crippen LogP contribution >= 0.6 is 0 Å². The maximum atomic E-state index is 12.4. The Bertz CT molecular complexity index is 1030. The van der Waals surface area contributed by atoms with Crippen LogP contribution in [0.25, 0.3) is 11.0 Å². The highest BCUT2D eigenvalue weighted by Crippen LogP contribution is 2.21. The van der Waals surface area contributed by atoms with E-state index in [4.69, 9.17) is 4.74 Å². The van der Waals surface area contributed by atoms with Gasteiger partial charge in [0.2, 0.25) is 0 Å². The first-order chi connectivity index (χ1) is 14.5. The largest absolute Gasteiger partial charge is 0.452 e. The number of benzene rings is 2. The van der Waals surface area contributed by atoms with Gasteiger partial charge >= 0.3 is 5.97 Å². The predicted molar refractivity (Wildman–Crippen MR) is 113 cm³/mol. The van der Waals surface area contributed by atoms with Crippen molar-refractivity contribution in [2.45, 2.75) is 26.8 Å². The zero-order valence-electron chi connectivity index (χ0n) is 17.3. The summed E-state index contributed by atoms with van der Waals surface area (Å²) in [5, 5.41) is 8.34. The Labute approximate surface area is 175 Å². The second kappa shape index (κ2) is 8.65. The lowest BCUT2D eigenvalue weighted by Crippen LogP contribution is -2.44. The van der Waals surface area contributed by atoms with Crippen LogP contribution in [0.2, 0.25) is 0 Å². The van der Waals surface area contributed by atoms with Gasteiger partial charge in [-0.05, 0) is 48.1 Å². The van der Waals surface area contributed by atoms with E-state index >= 15 is 0 Å². The third-order valence-electron chi connectivity index (χ3n) is 5.49. The second-order valence-electron chi connectivity index (χ2n) is 8.25. The molecule has 7 heteroatoms. The Hall–Kier alpha value is -3.22. The average molecular weight is 406 g/mol. The fraction of sp³-hybridized carbons (Fsp3) is 0.391. The summed E-state index contributed by atoms with van der Waals surface area (Å²) in [4.78, 5) is 26.5. The summed E-state index contributed by atoms with van der Waals surface area (Å²) in [7, 11) is 0. The monoisotopic (exact) mass is 406 g/mol. The molecule has 4 rings (SSSR count). The van der Waals surface area contributed by atoms with E-state index in [9.17, 15) is 9.59 Å². The van der Waals surface area contributed by atoms with E-state index in [0.717, 1.165) is 36.1 Å². The molecule has 1 saturated heterocycles. The molecule has 1 aliphatic heterocycles. The molecular weight excluding hydrogens is 380 g/mol. The number of fused-ring (bicyclic) bond motifs is 1. The van der Waals surface area contributed by atoms with Crippen LogP contribution in [0.3, 0.4) is 0 Å². The van der Waals surface area contributed by atoms with Gasteiger partial charge in [0.1, 0.15) is 5.52 Å². The van der Waals surface area contributed by atoms with Crippen molar-refractivity contribution in [1.82, 2.24) is 19.9 Å². The molecule has 0 aliphatic carbocycles. The zero-order chi connectivity index (χ0) is 21.1. The highest BCUT2D eigenvalue weighted by Gasteiger charge is 2.26. The first-order valence-electron chi connectivity index (χ1n) is 10.3. The minimum Gasteiger partial charge on any atom is -0.452 e. The smallest absolute Gasteiger partial charge is 0.338 e. The third-order valence-corrected chi connectivity index (χ3v) is 5.49. The van der Waals surface area contributed by atoms with E-state index < -0.39 is 5.97 Å². The van der Waals surface area contributed by atoms with Crippen LogP contribution in [0.15, 0.2) is 48.5 Å². The van der Waals surface area contributed by atoms with Gasteiger partial charge in [0.05, 0.1) is 17.6 Å². The number of ether oxygens (including phenoxy) is 1. The van der Waals surface area contributed by atoms with Gasteiger partial charge in [0, 0.05) is 13.1 Å². The molecule has 0 N–H and O–H groups in total. The van der Waals surface area contributed by atoms with Crippen molar-refractivity contribution in [3.05, 3.63) is 59.7 Å². The summed E-state index contributed by atoms with van der Waals surface area (Å²) < 4.78 is 7.08. The molecule has 1 fully saturated rings. The quantitative estimate of drug-likeness (QED) is 0.609. The van der Waals surface area contributed by atoms with Crippen LogP contribution in [-0.4, -0.2) is 51.5 Å². The van der Waals surface area contributed by atoms with E-state index in [1.54, 1.807) is 17.0 Å². The summed E-state index contributed by atoms with van der Waals surface area (Å²) in [6, 6.07) is 14.9. The van der Waals surface area contributed by atoms with E-state index in [-0.39, 0.29) is 12.5 Å². The van der Waals surface area contributed by atoms with Crippen molar-refractivity contribution < 1.29 is 14.3 Å². The van der Waals surface area contributed by atoms with Gasteiger partial charge in [0.15, 0.2) is 6.61 Å². The summed E-state index contributed by atoms with van der Waals surface area (Å²) in [6.07, 6.45) is 1.13. The molecule has 7 nitrogen and oxygen atoms in total. The second-order valence-corrected chi connectivity index (χ2v) is 8.25. The molecule has 2 heterocycles. The van der Waals surface area contributed by atoms with Gasteiger partial charge in [-0.2, -0.15) is 0 Å². The summed E-state index contributed by atoms with van der Waals surface area (Å²) in [5.74, 6) is 0.335. The number of carbonyl (C=O) groups is 2. The number of aromatic nitrogens is 3. The molecule has 0 radical (unpaired) electrons. The fourth-order valence-corrected chi connectivity index (χ4v) is 4.12. The first kappa shape index (κ1) is 20.1. The molecular formula is C23H26N4O3. The summed E-state index contributed by atoms with van der Waals surface area (Å²) >= 11 is 0. The number of amides is 1. The van der Waals surface area contributed by atoms with E-state index in [1.807, 2.05) is 41.1 Å². The van der Waals surface area contributed by atoms with Gasteiger partial charge in [-0.3, -0.25) is 4.79 Å². The first-order valence-corrected chi connectivity index (χ1v) is 10.3. The SMILES string of the molecule is C[C@@H]1C[C@@H](C)CN(C(=O)COC(=O)c2ccc(Cn3nnc4ccccc43)cc2)C1. The Balaban J connectivity index is 1.33. The van der Waals surface area contributed by atoms with Gasteiger partial charge in [-0.1, -0.05) is 43.3 Å². The molecule has 1 aliphatic rings. The van der Waals surface area contributed by atoms with E-state index in [0.29, 0.717) is 23.9 Å². The van der Waals surface area contributed by atoms with Crippen LogP contribution in [0.4, 0.5) is 0 Å². The average Bonchev–Trinajstić information content (AvgIpc) is 3.14. The van der Waals surface area contributed by atoms with Gasteiger partial charge < -0.3 is 9.64 Å². The highest BCUT2D eigenvalue weighted by molar-refractivity contribution is 5.91. The van der Waals surface area contributed by atoms with Gasteiger partial charge in [0.25, 0.3) is 5.91 Å². The number of rotatable bonds is 5. The third kappa shape index (κ3) is 4.50. The minimum absolute atomic E-state index is 0.128. The molecule has 30 heavy (non-hydrogen) atoms. The number of hydrogen-bond donors (Lipinski definition) is 0. The van der Waals surface area contributed by atoms with Crippen molar-refractivity contribution in [3.8, 4) is 0 Å². The molecule has 2 aromatic carbocycles. The zero-order valence-corrected chi connectivity index (χ0v) is 17.3. The van der Waals surface area contributed by atoms with Crippen molar-refractivity contribution >= 4 is 22.9 Å². The lowest BCUT2D eigenvalue weighted by atomic mass is 9.92. The molecule has 0 spiro atoms. The van der Waals surface area contributed by atoms with Crippen molar-refractivity contribution in [2.75, 3.05) is 19.7 Å². The molecule has 1 amide bonds. The van der Waals surface area contributed by atoms with Crippen LogP contribution in [-0.2, 0) is 16.1 Å². The van der Waals surface area contributed by atoms with Crippen molar-refractivity contribution in [2.24, 2.45) is 11.8 Å². The molecule has 3 aromatic rings. The van der Waals surface area contributed by atoms with E-state index in [2.05, 4.69) is 24.2 Å². The van der Waals surface area contributed by atoms with Gasteiger partial charge in [-0.15, -0.1) is 5.10 Å². The van der Waals surface area contributed by atoms with E-state index in [1.165, 1.54) is 0 Å². The molecule has 156 valence electrons. The predicted octanol–water partition coefficient (Wildman–Crippen LogP) is 3.14. The molecule has 1 aromatic heterocycles. The van der Waals surface area contributed by atoms with Crippen LogP contribution in [0.5, 0.6) is 0 Å². The fourth-order valence-electron chi connectivity index (χ4n) is 4.12. The Morgan fingerprint density at radius 1 is 1.03 bits per heavy atom. The highest BCUT2D eigenvalue weighted by atomic mass is 16.5. The number of likely N-dealkylation sites (tertiary alicyclic amines) is 1. The number of carbonyl (C=O) groups excluding carboxylic acids is 2. The topological polar surface area (TPSA) is 77.3 Å². The van der Waals surface area contributed by atoms with Crippen molar-refractivity contribution in [3.63, 3.8) is 0 Å². The van der Waals surface area contributed by atoms with Crippen LogP contribution in [0.1, 0.15) is 36.2 Å². The number of hydrogen-bond acceptors (Lipinski definition) is 5. The number of para-hydroxylation sites is 1. The maximum absolute atomic E-state index is 12.4. The molecule has 0 bridgehead atoms. The Morgan fingerprint density at radius 2 is 1.73 bits per heavy atom. The lowest BCUT2D eigenvalue weighted by Gasteiger charge is -2.34. The number of esters is 1. The van der Waals surface area contributed by atoms with Crippen LogP contribution < -0.4 is 0 Å². The Morgan fingerprint density at radius 3 is 2.47 bits per heavy atom. The molecule has 0 saturated carbocycles. The number of piperidine rings is 1. The molecule has 0 unspecified atom stereocenters. The number of nitrogens with zero attached hydrogens (tertiary/aromatic N) is 4. The normalized spacial score (nSPS) is 19.1. The van der Waals surface area contributed by atoms with Crippen LogP contribution in [0, 0.1) is 11.8 Å². The standard InChI is InChI=1S/C23H26N4O3/c1-16-11-17(2)13-26(12-16)22(28)15-30-23(29)19-9-7-18(8-10-19)14-27-21-6-4-3-5-20(21)24-25-27/h3-10,16-17H,11-15H2,1-2H3/t16-,17-/m1/s1. The molecule has 2 atom stereocenters. The Kier molecular flexibility index (Phi) is 5.79. The minimum atomic E-state index is -0.487.